The number of pyridine rings is 2. The Hall–Kier alpha value is -3.14. The van der Waals surface area contributed by atoms with Crippen LogP contribution in [0.4, 0.5) is 5.82 Å². The van der Waals surface area contributed by atoms with E-state index in [2.05, 4.69) is 70.5 Å². The number of anilines is 1. The van der Waals surface area contributed by atoms with E-state index in [0.29, 0.717) is 0 Å². The van der Waals surface area contributed by atoms with Crippen molar-refractivity contribution in [3.05, 3.63) is 89.4 Å². The van der Waals surface area contributed by atoms with Crippen molar-refractivity contribution >= 4 is 16.9 Å². The number of aromatic nitrogens is 3. The van der Waals surface area contributed by atoms with E-state index in [1.165, 1.54) is 27.6 Å². The van der Waals surface area contributed by atoms with Gasteiger partial charge in [-0.05, 0) is 48.7 Å². The summed E-state index contributed by atoms with van der Waals surface area (Å²) in [7, 11) is 0. The molecule has 0 saturated heterocycles. The highest BCUT2D eigenvalue weighted by Gasteiger charge is 2.08. The SMILES string of the molecule is Cc1ccc(C(C)Nc2ccc(Cc3c[nH]c4ncccc34)cn2)cc1. The minimum atomic E-state index is 0.216. The van der Waals surface area contributed by atoms with Gasteiger partial charge in [-0.2, -0.15) is 0 Å². The summed E-state index contributed by atoms with van der Waals surface area (Å²) in [5.74, 6) is 0.891. The number of hydrogen-bond donors (Lipinski definition) is 2. The van der Waals surface area contributed by atoms with E-state index in [1.54, 1.807) is 6.20 Å². The summed E-state index contributed by atoms with van der Waals surface area (Å²) in [5, 5.41) is 4.64. The van der Waals surface area contributed by atoms with Crippen LogP contribution in [-0.2, 0) is 6.42 Å². The largest absolute Gasteiger partial charge is 0.364 e. The lowest BCUT2D eigenvalue weighted by Gasteiger charge is -2.15. The van der Waals surface area contributed by atoms with Gasteiger partial charge in [0.15, 0.2) is 0 Å². The van der Waals surface area contributed by atoms with Crippen molar-refractivity contribution in [2.75, 3.05) is 5.32 Å². The molecule has 0 aliphatic rings. The second-order valence-electron chi connectivity index (χ2n) is 6.72. The number of rotatable bonds is 5. The molecule has 3 heterocycles. The van der Waals surface area contributed by atoms with Gasteiger partial charge in [-0.1, -0.05) is 35.9 Å². The van der Waals surface area contributed by atoms with E-state index in [0.717, 1.165) is 17.9 Å². The van der Waals surface area contributed by atoms with Gasteiger partial charge in [-0.25, -0.2) is 9.97 Å². The maximum absolute atomic E-state index is 4.59. The smallest absolute Gasteiger partial charge is 0.137 e. The van der Waals surface area contributed by atoms with E-state index >= 15 is 0 Å². The van der Waals surface area contributed by atoms with Gasteiger partial charge in [0.25, 0.3) is 0 Å². The third kappa shape index (κ3) is 3.45. The van der Waals surface area contributed by atoms with Crippen molar-refractivity contribution in [2.24, 2.45) is 0 Å². The molecule has 4 heteroatoms. The first kappa shape index (κ1) is 16.3. The average molecular weight is 342 g/mol. The van der Waals surface area contributed by atoms with E-state index in [1.807, 2.05) is 24.5 Å². The molecule has 0 amide bonds. The van der Waals surface area contributed by atoms with E-state index < -0.39 is 0 Å². The van der Waals surface area contributed by atoms with Crippen LogP contribution in [0, 0.1) is 6.92 Å². The lowest BCUT2D eigenvalue weighted by molar-refractivity contribution is 0.873. The molecule has 1 unspecified atom stereocenters. The van der Waals surface area contributed by atoms with Gasteiger partial charge < -0.3 is 10.3 Å². The topological polar surface area (TPSA) is 53.6 Å². The normalized spacial score (nSPS) is 12.2. The quantitative estimate of drug-likeness (QED) is 0.535. The summed E-state index contributed by atoms with van der Waals surface area (Å²) in [6.07, 6.45) is 6.62. The molecule has 0 radical (unpaired) electrons. The highest BCUT2D eigenvalue weighted by Crippen LogP contribution is 2.21. The maximum Gasteiger partial charge on any atom is 0.137 e. The van der Waals surface area contributed by atoms with Crippen molar-refractivity contribution in [1.29, 1.82) is 0 Å². The number of aromatic amines is 1. The van der Waals surface area contributed by atoms with Gasteiger partial charge in [0.05, 0.1) is 0 Å². The van der Waals surface area contributed by atoms with Crippen LogP contribution in [0.2, 0.25) is 0 Å². The van der Waals surface area contributed by atoms with Crippen molar-refractivity contribution < 1.29 is 0 Å². The Morgan fingerprint density at radius 3 is 2.65 bits per heavy atom. The number of aryl methyl sites for hydroxylation is 1. The van der Waals surface area contributed by atoms with Crippen molar-refractivity contribution in [1.82, 2.24) is 15.0 Å². The number of hydrogen-bond acceptors (Lipinski definition) is 3. The molecule has 3 aromatic heterocycles. The minimum absolute atomic E-state index is 0.216. The summed E-state index contributed by atoms with van der Waals surface area (Å²) >= 11 is 0. The zero-order valence-electron chi connectivity index (χ0n) is 15.0. The molecule has 0 fully saturated rings. The third-order valence-corrected chi connectivity index (χ3v) is 4.70. The van der Waals surface area contributed by atoms with Crippen LogP contribution >= 0.6 is 0 Å². The Balaban J connectivity index is 1.45. The molecule has 26 heavy (non-hydrogen) atoms. The fourth-order valence-electron chi connectivity index (χ4n) is 3.15. The Morgan fingerprint density at radius 1 is 1.04 bits per heavy atom. The van der Waals surface area contributed by atoms with Crippen LogP contribution in [0.3, 0.4) is 0 Å². The predicted molar refractivity (Wildman–Crippen MR) is 106 cm³/mol. The fourth-order valence-corrected chi connectivity index (χ4v) is 3.15. The maximum atomic E-state index is 4.59. The molecule has 2 N–H and O–H groups in total. The average Bonchev–Trinajstić information content (AvgIpc) is 3.07. The number of nitrogens with one attached hydrogen (secondary N) is 2. The summed E-state index contributed by atoms with van der Waals surface area (Å²) in [5.41, 5.74) is 5.89. The molecule has 0 spiro atoms. The van der Waals surface area contributed by atoms with E-state index in [-0.39, 0.29) is 6.04 Å². The molecule has 4 rings (SSSR count). The first-order valence-electron chi connectivity index (χ1n) is 8.88. The highest BCUT2D eigenvalue weighted by atomic mass is 15.0. The molecule has 0 saturated carbocycles. The summed E-state index contributed by atoms with van der Waals surface area (Å²) in [6.45, 7) is 4.26. The number of benzene rings is 1. The Morgan fingerprint density at radius 2 is 1.88 bits per heavy atom. The lowest BCUT2D eigenvalue weighted by Crippen LogP contribution is -2.08. The van der Waals surface area contributed by atoms with Crippen molar-refractivity contribution in [3.8, 4) is 0 Å². The zero-order valence-corrected chi connectivity index (χ0v) is 15.0. The summed E-state index contributed by atoms with van der Waals surface area (Å²) in [6, 6.07) is 17.1. The lowest BCUT2D eigenvalue weighted by atomic mass is 10.1. The van der Waals surface area contributed by atoms with Gasteiger partial charge >= 0.3 is 0 Å². The van der Waals surface area contributed by atoms with Gasteiger partial charge in [-0.15, -0.1) is 0 Å². The molecule has 0 aliphatic heterocycles. The second kappa shape index (κ2) is 7.00. The summed E-state index contributed by atoms with van der Waals surface area (Å²) in [4.78, 5) is 12.2. The molecule has 1 atom stereocenters. The fraction of sp³-hybridized carbons (Fsp3) is 0.182. The van der Waals surface area contributed by atoms with Gasteiger partial charge in [0.2, 0.25) is 0 Å². The third-order valence-electron chi connectivity index (χ3n) is 4.70. The van der Waals surface area contributed by atoms with Crippen LogP contribution in [-0.4, -0.2) is 15.0 Å². The zero-order chi connectivity index (χ0) is 17.9. The molecule has 0 bridgehead atoms. The van der Waals surface area contributed by atoms with Crippen molar-refractivity contribution in [2.45, 2.75) is 26.3 Å². The highest BCUT2D eigenvalue weighted by molar-refractivity contribution is 5.79. The predicted octanol–water partition coefficient (Wildman–Crippen LogP) is 5.03. The second-order valence-corrected chi connectivity index (χ2v) is 6.72. The first-order valence-corrected chi connectivity index (χ1v) is 8.88. The Kier molecular flexibility index (Phi) is 4.40. The van der Waals surface area contributed by atoms with Gasteiger partial charge in [0, 0.05) is 36.4 Å². The molecular weight excluding hydrogens is 320 g/mol. The molecule has 4 nitrogen and oxygen atoms in total. The van der Waals surface area contributed by atoms with Crippen molar-refractivity contribution in [3.63, 3.8) is 0 Å². The van der Waals surface area contributed by atoms with Gasteiger partial charge in [0.1, 0.15) is 11.5 Å². The Bertz CT molecular complexity index is 1000. The molecule has 0 aliphatic carbocycles. The van der Waals surface area contributed by atoms with Crippen LogP contribution in [0.25, 0.3) is 11.0 Å². The standard InChI is InChI=1S/C22H22N4/c1-15-5-8-18(9-6-15)16(2)26-21-10-7-17(13-24-21)12-19-14-25-22-20(19)4-3-11-23-22/h3-11,13-14,16H,12H2,1-2H3,(H,23,25)(H,24,26). The first-order chi connectivity index (χ1) is 12.7. The van der Waals surface area contributed by atoms with Crippen LogP contribution in [0.15, 0.2) is 67.1 Å². The van der Waals surface area contributed by atoms with Crippen LogP contribution < -0.4 is 5.32 Å². The van der Waals surface area contributed by atoms with Gasteiger partial charge in [-0.3, -0.25) is 0 Å². The molecular formula is C22H22N4. The van der Waals surface area contributed by atoms with E-state index in [4.69, 9.17) is 0 Å². The number of H-pyrrole nitrogens is 1. The summed E-state index contributed by atoms with van der Waals surface area (Å²) < 4.78 is 0. The minimum Gasteiger partial charge on any atom is -0.364 e. The molecule has 130 valence electrons. The van der Waals surface area contributed by atoms with Crippen LogP contribution in [0.1, 0.15) is 35.2 Å². The van der Waals surface area contributed by atoms with E-state index in [9.17, 15) is 0 Å². The Labute approximate surface area is 153 Å². The molecule has 4 aromatic rings. The van der Waals surface area contributed by atoms with Crippen LogP contribution in [0.5, 0.6) is 0 Å². The number of fused-ring (bicyclic) bond motifs is 1. The molecule has 1 aromatic carbocycles. The number of nitrogens with zero attached hydrogens (tertiary/aromatic N) is 2. The monoisotopic (exact) mass is 342 g/mol.